The van der Waals surface area contributed by atoms with Crippen molar-refractivity contribution >= 4 is 12.0 Å². The first kappa shape index (κ1) is 11.1. The highest BCUT2D eigenvalue weighted by molar-refractivity contribution is 5.99. The maximum Gasteiger partial charge on any atom is 0.186 e. The number of carbonyl (C=O) groups excluding carboxylic acids is 1. The molecule has 0 heterocycles. The number of hydrogen-bond donors (Lipinski definition) is 0. The van der Waals surface area contributed by atoms with Crippen molar-refractivity contribution in [2.45, 2.75) is 34.6 Å². The fourth-order valence-corrected chi connectivity index (χ4v) is 0.788. The molecule has 0 aromatic rings. The molecule has 2 heteroatoms. The van der Waals surface area contributed by atoms with Crippen molar-refractivity contribution in [2.24, 2.45) is 10.4 Å². The number of allylic oxidation sites excluding steroid dienone is 2. The van der Waals surface area contributed by atoms with Crippen molar-refractivity contribution in [3.8, 4) is 0 Å². The third-order valence-corrected chi connectivity index (χ3v) is 1.46. The van der Waals surface area contributed by atoms with Crippen LogP contribution in [0.3, 0.4) is 0 Å². The zero-order valence-electron chi connectivity index (χ0n) is 8.51. The number of hydrogen-bond acceptors (Lipinski definition) is 2. The Bertz CT molecular complexity index is 218. The molecule has 12 heavy (non-hydrogen) atoms. The molecule has 0 rings (SSSR count). The zero-order chi connectivity index (χ0) is 9.78. The number of ketones is 1. The maximum absolute atomic E-state index is 11.6. The lowest BCUT2D eigenvalue weighted by Gasteiger charge is -2.16. The van der Waals surface area contributed by atoms with E-state index in [1.54, 1.807) is 19.2 Å². The molecule has 0 aliphatic carbocycles. The summed E-state index contributed by atoms with van der Waals surface area (Å²) in [5.74, 6) is 0.0862. The first-order valence-corrected chi connectivity index (χ1v) is 4.13. The molecule has 0 saturated carbocycles. The summed E-state index contributed by atoms with van der Waals surface area (Å²) in [5.41, 5.74) is 0.207. The standard InChI is InChI=1S/C10H17NO/c1-6-8(11-7-2)9(12)10(3,4)5/h6-7H,1-5H3/b8-6-,11-7?. The van der Waals surface area contributed by atoms with Gasteiger partial charge >= 0.3 is 0 Å². The van der Waals surface area contributed by atoms with Gasteiger partial charge in [-0.2, -0.15) is 0 Å². The normalized spacial score (nSPS) is 13.9. The van der Waals surface area contributed by atoms with E-state index >= 15 is 0 Å². The van der Waals surface area contributed by atoms with E-state index < -0.39 is 0 Å². The van der Waals surface area contributed by atoms with Crippen LogP contribution in [0.5, 0.6) is 0 Å². The molecule has 0 aliphatic rings. The van der Waals surface area contributed by atoms with Gasteiger partial charge in [-0.15, -0.1) is 0 Å². The predicted octanol–water partition coefficient (Wildman–Crippen LogP) is 2.60. The molecular formula is C10H17NO. The minimum atomic E-state index is -0.339. The van der Waals surface area contributed by atoms with Gasteiger partial charge in [0.15, 0.2) is 5.78 Å². The van der Waals surface area contributed by atoms with Crippen LogP contribution < -0.4 is 0 Å². The molecule has 68 valence electrons. The summed E-state index contributed by atoms with van der Waals surface area (Å²) in [6, 6.07) is 0. The summed E-state index contributed by atoms with van der Waals surface area (Å²) in [6.07, 6.45) is 3.38. The second kappa shape index (κ2) is 4.19. The first-order chi connectivity index (χ1) is 5.43. The van der Waals surface area contributed by atoms with E-state index in [1.165, 1.54) is 0 Å². The number of nitrogens with zero attached hydrogens (tertiary/aromatic N) is 1. The van der Waals surface area contributed by atoms with Gasteiger partial charge in [-0.25, -0.2) is 0 Å². The Hall–Kier alpha value is -0.920. The Morgan fingerprint density at radius 2 is 1.75 bits per heavy atom. The predicted molar refractivity (Wildman–Crippen MR) is 52.4 cm³/mol. The summed E-state index contributed by atoms with van der Waals surface area (Å²) in [4.78, 5) is 15.6. The third-order valence-electron chi connectivity index (χ3n) is 1.46. The van der Waals surface area contributed by atoms with Gasteiger partial charge in [0.25, 0.3) is 0 Å². The first-order valence-electron chi connectivity index (χ1n) is 4.13. The van der Waals surface area contributed by atoms with Gasteiger partial charge in [-0.3, -0.25) is 9.79 Å². The van der Waals surface area contributed by atoms with Crippen molar-refractivity contribution in [3.05, 3.63) is 11.8 Å². The Balaban J connectivity index is 4.68. The van der Waals surface area contributed by atoms with Gasteiger partial charge in [0.2, 0.25) is 0 Å². The van der Waals surface area contributed by atoms with Crippen LogP contribution in [0.2, 0.25) is 0 Å². The van der Waals surface area contributed by atoms with E-state index in [0.29, 0.717) is 5.70 Å². The average Bonchev–Trinajstić information content (AvgIpc) is 1.97. The number of rotatable bonds is 2. The lowest BCUT2D eigenvalue weighted by molar-refractivity contribution is -0.122. The molecule has 0 aromatic carbocycles. The lowest BCUT2D eigenvalue weighted by atomic mass is 9.89. The number of aliphatic imine (C=N–C) groups is 1. The van der Waals surface area contributed by atoms with Crippen LogP contribution in [-0.2, 0) is 4.79 Å². The van der Waals surface area contributed by atoms with Crippen LogP contribution in [0.15, 0.2) is 16.8 Å². The van der Waals surface area contributed by atoms with Crippen molar-refractivity contribution in [1.29, 1.82) is 0 Å². The average molecular weight is 167 g/mol. The fraction of sp³-hybridized carbons (Fsp3) is 0.600. The third kappa shape index (κ3) is 2.99. The molecule has 0 aromatic heterocycles. The minimum Gasteiger partial charge on any atom is -0.292 e. The molecule has 2 nitrogen and oxygen atoms in total. The lowest BCUT2D eigenvalue weighted by Crippen LogP contribution is -2.21. The highest BCUT2D eigenvalue weighted by Crippen LogP contribution is 2.20. The topological polar surface area (TPSA) is 29.4 Å². The second-order valence-electron chi connectivity index (χ2n) is 3.64. The van der Waals surface area contributed by atoms with Gasteiger partial charge in [0.1, 0.15) is 5.70 Å². The van der Waals surface area contributed by atoms with Gasteiger partial charge in [0, 0.05) is 11.6 Å². The van der Waals surface area contributed by atoms with E-state index in [4.69, 9.17) is 0 Å². The molecule has 0 unspecified atom stereocenters. The van der Waals surface area contributed by atoms with Crippen LogP contribution in [0, 0.1) is 5.41 Å². The zero-order valence-corrected chi connectivity index (χ0v) is 8.51. The van der Waals surface area contributed by atoms with E-state index in [-0.39, 0.29) is 11.2 Å². The molecule has 0 radical (unpaired) electrons. The number of carbonyl (C=O) groups is 1. The highest BCUT2D eigenvalue weighted by atomic mass is 16.1. The number of Topliss-reactive ketones (excluding diaryl/α,β-unsaturated/α-hetero) is 1. The molecule has 0 aliphatic heterocycles. The van der Waals surface area contributed by atoms with Crippen LogP contribution in [0.4, 0.5) is 0 Å². The maximum atomic E-state index is 11.6. The van der Waals surface area contributed by atoms with E-state index in [9.17, 15) is 4.79 Å². The highest BCUT2D eigenvalue weighted by Gasteiger charge is 2.23. The Labute approximate surface area is 74.4 Å². The fourth-order valence-electron chi connectivity index (χ4n) is 0.788. The molecule has 0 amide bonds. The summed E-state index contributed by atoms with van der Waals surface area (Å²) < 4.78 is 0. The van der Waals surface area contributed by atoms with Gasteiger partial charge in [-0.05, 0) is 13.8 Å². The van der Waals surface area contributed by atoms with Gasteiger partial charge in [-0.1, -0.05) is 26.8 Å². The van der Waals surface area contributed by atoms with Crippen LogP contribution >= 0.6 is 0 Å². The monoisotopic (exact) mass is 167 g/mol. The summed E-state index contributed by atoms with van der Waals surface area (Å²) in [6.45, 7) is 9.31. The minimum absolute atomic E-state index is 0.0862. The van der Waals surface area contributed by atoms with Crippen molar-refractivity contribution < 1.29 is 4.79 Å². The van der Waals surface area contributed by atoms with Crippen molar-refractivity contribution in [3.63, 3.8) is 0 Å². The van der Waals surface area contributed by atoms with Crippen LogP contribution in [0.1, 0.15) is 34.6 Å². The van der Waals surface area contributed by atoms with Crippen LogP contribution in [-0.4, -0.2) is 12.0 Å². The smallest absolute Gasteiger partial charge is 0.186 e. The second-order valence-corrected chi connectivity index (χ2v) is 3.64. The van der Waals surface area contributed by atoms with E-state index in [1.807, 2.05) is 27.7 Å². The van der Waals surface area contributed by atoms with Gasteiger partial charge < -0.3 is 0 Å². The molecule has 0 spiro atoms. The summed E-state index contributed by atoms with van der Waals surface area (Å²) in [5, 5.41) is 0. The SMILES string of the molecule is CC=N/C(=C\C)C(=O)C(C)(C)C. The Morgan fingerprint density at radius 3 is 2.00 bits per heavy atom. The van der Waals surface area contributed by atoms with Crippen molar-refractivity contribution in [2.75, 3.05) is 0 Å². The van der Waals surface area contributed by atoms with Crippen LogP contribution in [0.25, 0.3) is 0 Å². The Kier molecular flexibility index (Phi) is 3.87. The van der Waals surface area contributed by atoms with E-state index in [0.717, 1.165) is 0 Å². The quantitative estimate of drug-likeness (QED) is 0.459. The molecular weight excluding hydrogens is 150 g/mol. The molecule has 0 bridgehead atoms. The summed E-state index contributed by atoms with van der Waals surface area (Å²) >= 11 is 0. The largest absolute Gasteiger partial charge is 0.292 e. The molecule has 0 atom stereocenters. The molecule has 0 saturated heterocycles. The molecule has 0 fully saturated rings. The summed E-state index contributed by atoms with van der Waals surface area (Å²) in [7, 11) is 0. The van der Waals surface area contributed by atoms with E-state index in [2.05, 4.69) is 4.99 Å². The van der Waals surface area contributed by atoms with Crippen molar-refractivity contribution in [1.82, 2.24) is 0 Å². The molecule has 0 N–H and O–H groups in total. The van der Waals surface area contributed by atoms with Gasteiger partial charge in [0.05, 0.1) is 0 Å². The Morgan fingerprint density at radius 1 is 1.25 bits per heavy atom.